The molecule has 10 nitrogen and oxygen atoms in total. The molecule has 3 N–H and O–H groups in total. The van der Waals surface area contributed by atoms with Gasteiger partial charge in [0.05, 0.1) is 17.8 Å². The van der Waals surface area contributed by atoms with Crippen molar-refractivity contribution in [3.8, 4) is 0 Å². The summed E-state index contributed by atoms with van der Waals surface area (Å²) in [6.45, 7) is 12.9. The molecule has 1 aromatic heterocycles. The molecule has 3 atom stereocenters. The minimum absolute atomic E-state index is 0.123. The normalized spacial score (nSPS) is 23.4. The molecule has 1 saturated heterocycles. The van der Waals surface area contributed by atoms with Crippen LogP contribution in [0.5, 0.6) is 0 Å². The van der Waals surface area contributed by atoms with E-state index in [1.54, 1.807) is 7.11 Å². The minimum Gasteiger partial charge on any atom is -0.477 e. The van der Waals surface area contributed by atoms with Crippen LogP contribution in [0.1, 0.15) is 50.4 Å². The molecule has 0 spiro atoms. The van der Waals surface area contributed by atoms with E-state index in [2.05, 4.69) is 43.8 Å². The lowest BCUT2D eigenvalue weighted by atomic mass is 10.0. The van der Waals surface area contributed by atoms with Gasteiger partial charge in [0.2, 0.25) is 0 Å². The Labute approximate surface area is 216 Å². The summed E-state index contributed by atoms with van der Waals surface area (Å²) in [4.78, 5) is 39.0. The van der Waals surface area contributed by atoms with Gasteiger partial charge in [0.25, 0.3) is 5.91 Å². The van der Waals surface area contributed by atoms with Crippen LogP contribution in [0, 0.1) is 0 Å². The molecule has 12 heteroatoms. The fourth-order valence-electron chi connectivity index (χ4n) is 4.61. The summed E-state index contributed by atoms with van der Waals surface area (Å²) >= 11 is 7.47. The van der Waals surface area contributed by atoms with Gasteiger partial charge in [0.15, 0.2) is 11.0 Å². The van der Waals surface area contributed by atoms with Crippen molar-refractivity contribution >= 4 is 35.2 Å². The van der Waals surface area contributed by atoms with Gasteiger partial charge in [-0.05, 0) is 32.9 Å². The van der Waals surface area contributed by atoms with E-state index in [-0.39, 0.29) is 29.4 Å². The molecule has 3 rings (SSSR count). The molecule has 1 fully saturated rings. The maximum atomic E-state index is 12.8. The van der Waals surface area contributed by atoms with Crippen molar-refractivity contribution < 1.29 is 19.4 Å². The topological polar surface area (TPSA) is 114 Å². The molecule has 35 heavy (non-hydrogen) atoms. The van der Waals surface area contributed by atoms with Crippen LogP contribution in [0.15, 0.2) is 10.6 Å². The molecule has 2 aliphatic heterocycles. The number of piperidine rings is 1. The second-order valence-corrected chi connectivity index (χ2v) is 10.2. The zero-order valence-corrected chi connectivity index (χ0v) is 22.7. The highest BCUT2D eigenvalue weighted by Crippen LogP contribution is 2.40. The number of carboxylic acid groups (broad SMARTS) is 1. The number of aliphatic carboxylic acids is 1. The van der Waals surface area contributed by atoms with Gasteiger partial charge in [-0.3, -0.25) is 9.69 Å². The molecule has 196 valence electrons. The number of H-pyrrole nitrogens is 1. The molecule has 1 aromatic rings. The summed E-state index contributed by atoms with van der Waals surface area (Å²) in [5.74, 6) is -1.00. The highest BCUT2D eigenvalue weighted by molar-refractivity contribution is 8.04. The van der Waals surface area contributed by atoms with Gasteiger partial charge in [-0.2, -0.15) is 0 Å². The predicted octanol–water partition coefficient (Wildman–Crippen LogP) is 2.43. The average Bonchev–Trinajstić information content (AvgIpc) is 3.39. The smallest absolute Gasteiger partial charge is 0.344 e. The van der Waals surface area contributed by atoms with Crippen molar-refractivity contribution in [2.24, 2.45) is 0 Å². The Morgan fingerprint density at radius 3 is 2.63 bits per heavy atom. The van der Waals surface area contributed by atoms with Gasteiger partial charge in [0.1, 0.15) is 10.4 Å². The molecular weight excluding hydrogens is 492 g/mol. The maximum Gasteiger partial charge on any atom is 0.344 e. The minimum atomic E-state index is -0.892. The highest BCUT2D eigenvalue weighted by atomic mass is 35.5. The van der Waals surface area contributed by atoms with Gasteiger partial charge in [0, 0.05) is 39.0 Å². The van der Waals surface area contributed by atoms with Crippen LogP contribution in [0.3, 0.4) is 0 Å². The number of ether oxygens (including phenoxy) is 1. The zero-order valence-electron chi connectivity index (χ0n) is 21.1. The first kappa shape index (κ1) is 27.8. The largest absolute Gasteiger partial charge is 0.477 e. The first-order chi connectivity index (χ1) is 16.7. The number of imidazole rings is 1. The highest BCUT2D eigenvalue weighted by Gasteiger charge is 2.41. The Morgan fingerprint density at radius 2 is 2.06 bits per heavy atom. The van der Waals surface area contributed by atoms with Crippen LogP contribution < -0.4 is 5.32 Å². The fraction of sp³-hybridized carbons (Fsp3) is 0.696. The van der Waals surface area contributed by atoms with Crippen LogP contribution in [-0.4, -0.2) is 106 Å². The number of likely N-dealkylation sites (N-methyl/N-ethyl adjacent to an activating group) is 1. The van der Waals surface area contributed by atoms with E-state index < -0.39 is 5.97 Å². The van der Waals surface area contributed by atoms with Crippen molar-refractivity contribution in [1.82, 2.24) is 30.0 Å². The van der Waals surface area contributed by atoms with Gasteiger partial charge in [-0.15, -0.1) is 0 Å². The lowest BCUT2D eigenvalue weighted by Gasteiger charge is -2.43. The number of carbonyl (C=O) groups is 2. The summed E-state index contributed by atoms with van der Waals surface area (Å²) < 4.78 is 5.77. The Bertz CT molecular complexity index is 937. The number of thioether (sulfide) groups is 1. The number of carboxylic acids is 1. The second kappa shape index (κ2) is 12.4. The second-order valence-electron chi connectivity index (χ2n) is 8.73. The number of carbonyl (C=O) groups excluding carboxylic acids is 1. The van der Waals surface area contributed by atoms with Crippen molar-refractivity contribution in [3.05, 3.63) is 27.3 Å². The third kappa shape index (κ3) is 6.32. The number of hydrogen-bond donors (Lipinski definition) is 3. The number of halogens is 1. The van der Waals surface area contributed by atoms with Crippen molar-refractivity contribution in [1.29, 1.82) is 0 Å². The van der Waals surface area contributed by atoms with Crippen LogP contribution in [0.25, 0.3) is 0 Å². The quantitative estimate of drug-likeness (QED) is 0.398. The molecule has 1 amide bonds. The number of likely N-dealkylation sites (tertiary alicyclic amines) is 1. The standard InChI is InChI=1S/C23H37ClN6O4S/c1-6-15-19(24)27-20(25-15)21(31)26-16-9-10-29(13-17(16)34-5)23-30(12-11-28(7-2)8-3)14(4)18(35-23)22(32)33/h16-17,23H,6-13H2,1-5H3,(H,25,27)(H,26,31)(H,32,33). The van der Waals surface area contributed by atoms with Gasteiger partial charge >= 0.3 is 5.97 Å². The van der Waals surface area contributed by atoms with E-state index in [1.807, 2.05) is 13.8 Å². The van der Waals surface area contributed by atoms with E-state index in [4.69, 9.17) is 16.3 Å². The first-order valence-electron chi connectivity index (χ1n) is 12.2. The molecule has 0 aliphatic carbocycles. The van der Waals surface area contributed by atoms with Crippen molar-refractivity contribution in [3.63, 3.8) is 0 Å². The maximum absolute atomic E-state index is 12.8. The summed E-state index contributed by atoms with van der Waals surface area (Å²) in [5.41, 5.74) is 1.41. The zero-order chi connectivity index (χ0) is 25.7. The van der Waals surface area contributed by atoms with Crippen LogP contribution in [-0.2, 0) is 16.0 Å². The Morgan fingerprint density at radius 1 is 1.34 bits per heavy atom. The number of hydrogen-bond acceptors (Lipinski definition) is 8. The van der Waals surface area contributed by atoms with E-state index >= 15 is 0 Å². The number of aromatic amines is 1. The van der Waals surface area contributed by atoms with Gasteiger partial charge in [-0.1, -0.05) is 44.1 Å². The third-order valence-electron chi connectivity index (χ3n) is 6.81. The Balaban J connectivity index is 1.69. The Hall–Kier alpha value is -1.79. The van der Waals surface area contributed by atoms with Gasteiger partial charge < -0.3 is 29.9 Å². The van der Waals surface area contributed by atoms with E-state index in [0.717, 1.165) is 37.6 Å². The summed E-state index contributed by atoms with van der Waals surface area (Å²) in [7, 11) is 1.64. The van der Waals surface area contributed by atoms with E-state index in [1.165, 1.54) is 11.8 Å². The van der Waals surface area contributed by atoms with Crippen LogP contribution in [0.2, 0.25) is 5.15 Å². The number of nitrogens with one attached hydrogen (secondary N) is 2. The molecule has 2 aliphatic rings. The Kier molecular flexibility index (Phi) is 9.88. The molecule has 0 saturated carbocycles. The summed E-state index contributed by atoms with van der Waals surface area (Å²) in [5, 5.41) is 13.1. The number of rotatable bonds is 11. The summed E-state index contributed by atoms with van der Waals surface area (Å²) in [6, 6.07) is -0.193. The third-order valence-corrected chi connectivity index (χ3v) is 8.60. The van der Waals surface area contributed by atoms with Crippen LogP contribution >= 0.6 is 23.4 Å². The molecular formula is C23H37ClN6O4S. The predicted molar refractivity (Wildman–Crippen MR) is 137 cm³/mol. The SMILES string of the molecule is CCc1[nH]c(C(=O)NC2CCN(C3SC(C(=O)O)=C(C)N3CCN(CC)CC)CC2OC)nc1Cl. The monoisotopic (exact) mass is 528 g/mol. The van der Waals surface area contributed by atoms with E-state index in [0.29, 0.717) is 36.0 Å². The molecule has 3 unspecified atom stereocenters. The average molecular weight is 529 g/mol. The fourth-order valence-corrected chi connectivity index (χ4v) is 6.20. The number of nitrogens with zero attached hydrogens (tertiary/aromatic N) is 4. The number of allylic oxidation sites excluding steroid dienone is 1. The molecule has 3 heterocycles. The van der Waals surface area contributed by atoms with E-state index in [9.17, 15) is 14.7 Å². The lowest BCUT2D eigenvalue weighted by molar-refractivity contribution is -0.131. The molecule has 0 radical (unpaired) electrons. The lowest BCUT2D eigenvalue weighted by Crippen LogP contribution is -2.58. The van der Waals surface area contributed by atoms with Crippen molar-refractivity contribution in [2.45, 2.75) is 58.2 Å². The van der Waals surface area contributed by atoms with Gasteiger partial charge in [-0.25, -0.2) is 9.78 Å². The molecule has 0 aromatic carbocycles. The van der Waals surface area contributed by atoms with Crippen LogP contribution in [0.4, 0.5) is 0 Å². The number of amides is 1. The van der Waals surface area contributed by atoms with Crippen molar-refractivity contribution in [2.75, 3.05) is 46.4 Å². The first-order valence-corrected chi connectivity index (χ1v) is 13.4. The number of aryl methyl sites for hydroxylation is 1. The molecule has 0 bridgehead atoms. The summed E-state index contributed by atoms with van der Waals surface area (Å²) in [6.07, 6.45) is 1.08. The number of aromatic nitrogens is 2. The number of methoxy groups -OCH3 is 1.